The fourth-order valence-corrected chi connectivity index (χ4v) is 2.58. The van der Waals surface area contributed by atoms with E-state index in [0.29, 0.717) is 13.1 Å². The number of aliphatic hydroxyl groups is 1. The van der Waals surface area contributed by atoms with Crippen LogP contribution >= 0.6 is 0 Å². The molecular formula is C15H20N4O2. The normalized spacial score (nSPS) is 15.5. The molecule has 1 aromatic carbocycles. The molecule has 1 saturated heterocycles. The maximum Gasteiger partial charge on any atom is 0.321 e. The molecule has 2 amide bonds. The molecule has 0 bridgehead atoms. The summed E-state index contributed by atoms with van der Waals surface area (Å²) in [5.74, 6) is 0.223. The Bertz CT molecular complexity index is 659. The Hall–Kier alpha value is -2.08. The number of nitrogens with zero attached hydrogens (tertiary/aromatic N) is 3. The molecule has 1 aliphatic heterocycles. The van der Waals surface area contributed by atoms with Crippen LogP contribution in [0.5, 0.6) is 0 Å². The first-order valence-corrected chi connectivity index (χ1v) is 7.22. The van der Waals surface area contributed by atoms with Crippen LogP contribution in [0.15, 0.2) is 24.4 Å². The molecular weight excluding hydrogens is 268 g/mol. The summed E-state index contributed by atoms with van der Waals surface area (Å²) in [4.78, 5) is 13.8. The third kappa shape index (κ3) is 2.58. The third-order valence-corrected chi connectivity index (χ3v) is 3.84. The molecule has 0 saturated carbocycles. The summed E-state index contributed by atoms with van der Waals surface area (Å²) in [6.45, 7) is 5.53. The number of carbonyl (C=O) groups excluding carboxylic acids is 1. The van der Waals surface area contributed by atoms with Crippen molar-refractivity contribution in [1.82, 2.24) is 14.7 Å². The Morgan fingerprint density at radius 2 is 2.24 bits per heavy atom. The van der Waals surface area contributed by atoms with Crippen molar-refractivity contribution >= 4 is 22.6 Å². The first kappa shape index (κ1) is 13.9. The van der Waals surface area contributed by atoms with E-state index in [1.807, 2.05) is 29.1 Å². The molecule has 0 aliphatic carbocycles. The van der Waals surface area contributed by atoms with Crippen molar-refractivity contribution in [3.8, 4) is 0 Å². The number of aromatic nitrogens is 2. The molecule has 2 heterocycles. The summed E-state index contributed by atoms with van der Waals surface area (Å²) in [5, 5.41) is 17.3. The molecule has 2 aromatic rings. The molecule has 1 aromatic heterocycles. The standard InChI is InChI=1S/C15H20N4O2/c1-10(2)19-14-5-13(4-3-12(14)6-16-19)17-15(21)18-7-11(8-18)9-20/h3-6,10-11,20H,7-9H2,1-2H3,(H,17,21). The van der Waals surface area contributed by atoms with Crippen LogP contribution in [0.25, 0.3) is 10.9 Å². The maximum atomic E-state index is 12.1. The van der Waals surface area contributed by atoms with Gasteiger partial charge in [-0.25, -0.2) is 4.79 Å². The lowest BCUT2D eigenvalue weighted by molar-refractivity contribution is 0.0838. The van der Waals surface area contributed by atoms with E-state index >= 15 is 0 Å². The average molecular weight is 288 g/mol. The molecule has 21 heavy (non-hydrogen) atoms. The van der Waals surface area contributed by atoms with E-state index < -0.39 is 0 Å². The lowest BCUT2D eigenvalue weighted by Crippen LogP contribution is -2.52. The zero-order valence-electron chi connectivity index (χ0n) is 12.3. The van der Waals surface area contributed by atoms with Crippen LogP contribution in [0.1, 0.15) is 19.9 Å². The zero-order chi connectivity index (χ0) is 15.0. The molecule has 2 N–H and O–H groups in total. The second-order valence-corrected chi connectivity index (χ2v) is 5.84. The van der Waals surface area contributed by atoms with E-state index in [1.165, 1.54) is 0 Å². The van der Waals surface area contributed by atoms with Crippen molar-refractivity contribution in [3.05, 3.63) is 24.4 Å². The second-order valence-electron chi connectivity index (χ2n) is 5.84. The molecule has 0 atom stereocenters. The number of likely N-dealkylation sites (tertiary alicyclic amines) is 1. The van der Waals surface area contributed by atoms with Gasteiger partial charge in [0.1, 0.15) is 0 Å². The number of carbonyl (C=O) groups is 1. The number of fused-ring (bicyclic) bond motifs is 1. The Morgan fingerprint density at radius 1 is 1.48 bits per heavy atom. The third-order valence-electron chi connectivity index (χ3n) is 3.84. The van der Waals surface area contributed by atoms with Crippen molar-refractivity contribution in [3.63, 3.8) is 0 Å². The fraction of sp³-hybridized carbons (Fsp3) is 0.467. The van der Waals surface area contributed by atoms with E-state index in [4.69, 9.17) is 5.11 Å². The zero-order valence-corrected chi connectivity index (χ0v) is 12.3. The summed E-state index contributed by atoms with van der Waals surface area (Å²) in [5.41, 5.74) is 1.78. The van der Waals surface area contributed by atoms with Gasteiger partial charge in [0.2, 0.25) is 0 Å². The minimum atomic E-state index is -0.116. The summed E-state index contributed by atoms with van der Waals surface area (Å²) in [6, 6.07) is 5.95. The van der Waals surface area contributed by atoms with Crippen LogP contribution in [0.3, 0.4) is 0 Å². The van der Waals surface area contributed by atoms with E-state index in [1.54, 1.807) is 4.90 Å². The van der Waals surface area contributed by atoms with Gasteiger partial charge in [-0.3, -0.25) is 4.68 Å². The average Bonchev–Trinajstić information content (AvgIpc) is 2.80. The first-order chi connectivity index (χ1) is 10.1. The van der Waals surface area contributed by atoms with E-state index in [-0.39, 0.29) is 24.6 Å². The van der Waals surface area contributed by atoms with E-state index in [2.05, 4.69) is 24.3 Å². The van der Waals surface area contributed by atoms with Crippen LogP contribution in [0, 0.1) is 5.92 Å². The Balaban J connectivity index is 1.75. The van der Waals surface area contributed by atoms with Crippen LogP contribution in [0.4, 0.5) is 10.5 Å². The van der Waals surface area contributed by atoms with Crippen molar-refractivity contribution in [2.24, 2.45) is 5.92 Å². The maximum absolute atomic E-state index is 12.1. The number of hydrogen-bond acceptors (Lipinski definition) is 3. The summed E-state index contributed by atoms with van der Waals surface area (Å²) in [6.07, 6.45) is 1.84. The highest BCUT2D eigenvalue weighted by atomic mass is 16.3. The Labute approximate surface area is 123 Å². The van der Waals surface area contributed by atoms with Gasteiger partial charge < -0.3 is 15.3 Å². The van der Waals surface area contributed by atoms with Gasteiger partial charge in [0.15, 0.2) is 0 Å². The van der Waals surface area contributed by atoms with Crippen molar-refractivity contribution < 1.29 is 9.90 Å². The largest absolute Gasteiger partial charge is 0.396 e. The number of amides is 2. The quantitative estimate of drug-likeness (QED) is 0.908. The molecule has 0 radical (unpaired) electrons. The number of urea groups is 1. The fourth-order valence-electron chi connectivity index (χ4n) is 2.58. The minimum Gasteiger partial charge on any atom is -0.396 e. The molecule has 0 spiro atoms. The Kier molecular flexibility index (Phi) is 3.55. The van der Waals surface area contributed by atoms with Crippen LogP contribution in [-0.2, 0) is 0 Å². The highest BCUT2D eigenvalue weighted by Gasteiger charge is 2.29. The first-order valence-electron chi connectivity index (χ1n) is 7.22. The predicted molar refractivity (Wildman–Crippen MR) is 81.3 cm³/mol. The van der Waals surface area contributed by atoms with Crippen molar-refractivity contribution in [1.29, 1.82) is 0 Å². The number of hydrogen-bond donors (Lipinski definition) is 2. The molecule has 112 valence electrons. The molecule has 3 rings (SSSR count). The smallest absolute Gasteiger partial charge is 0.321 e. The lowest BCUT2D eigenvalue weighted by atomic mass is 10.0. The minimum absolute atomic E-state index is 0.116. The van der Waals surface area contributed by atoms with Gasteiger partial charge in [0.05, 0.1) is 11.7 Å². The van der Waals surface area contributed by atoms with Gasteiger partial charge in [0.25, 0.3) is 0 Å². The number of anilines is 1. The molecule has 1 fully saturated rings. The van der Waals surface area contributed by atoms with E-state index in [0.717, 1.165) is 16.6 Å². The molecule has 6 nitrogen and oxygen atoms in total. The van der Waals surface area contributed by atoms with Gasteiger partial charge in [-0.15, -0.1) is 0 Å². The van der Waals surface area contributed by atoms with Crippen molar-refractivity contribution in [2.45, 2.75) is 19.9 Å². The summed E-state index contributed by atoms with van der Waals surface area (Å²) < 4.78 is 1.94. The van der Waals surface area contributed by atoms with E-state index in [9.17, 15) is 4.79 Å². The lowest BCUT2D eigenvalue weighted by Gasteiger charge is -2.38. The number of benzene rings is 1. The highest BCUT2D eigenvalue weighted by Crippen LogP contribution is 2.23. The molecule has 0 unspecified atom stereocenters. The van der Waals surface area contributed by atoms with Gasteiger partial charge in [-0.2, -0.15) is 5.10 Å². The molecule has 1 aliphatic rings. The van der Waals surface area contributed by atoms with Crippen LogP contribution in [-0.4, -0.2) is 45.5 Å². The van der Waals surface area contributed by atoms with Crippen LogP contribution < -0.4 is 5.32 Å². The topological polar surface area (TPSA) is 70.4 Å². The van der Waals surface area contributed by atoms with Gasteiger partial charge >= 0.3 is 6.03 Å². The van der Waals surface area contributed by atoms with Gasteiger partial charge in [-0.05, 0) is 32.0 Å². The number of nitrogens with one attached hydrogen (secondary N) is 1. The number of aliphatic hydroxyl groups excluding tert-OH is 1. The summed E-state index contributed by atoms with van der Waals surface area (Å²) >= 11 is 0. The SMILES string of the molecule is CC(C)n1ncc2ccc(NC(=O)N3CC(CO)C3)cc21. The predicted octanol–water partition coefficient (Wildman–Crippen LogP) is 2.07. The van der Waals surface area contributed by atoms with Crippen LogP contribution in [0.2, 0.25) is 0 Å². The van der Waals surface area contributed by atoms with Crippen molar-refractivity contribution in [2.75, 3.05) is 25.0 Å². The highest BCUT2D eigenvalue weighted by molar-refractivity contribution is 5.93. The number of rotatable bonds is 3. The monoisotopic (exact) mass is 288 g/mol. The summed E-state index contributed by atoms with van der Waals surface area (Å²) in [7, 11) is 0. The van der Waals surface area contributed by atoms with Gasteiger partial charge in [-0.1, -0.05) is 0 Å². The Morgan fingerprint density at radius 3 is 2.90 bits per heavy atom. The van der Waals surface area contributed by atoms with Gasteiger partial charge in [0, 0.05) is 42.7 Å². The molecule has 6 heteroatoms. The second kappa shape index (κ2) is 5.37.